The van der Waals surface area contributed by atoms with Gasteiger partial charge >= 0.3 is 17.9 Å². The molecule has 29 heteroatoms. The maximum Gasteiger partial charge on any atom is 0.340 e. The van der Waals surface area contributed by atoms with E-state index in [-0.39, 0.29) is 51.2 Å². The molecule has 25 nitrogen and oxygen atoms in total. The molecule has 9 N–H and O–H groups in total. The van der Waals surface area contributed by atoms with Gasteiger partial charge < -0.3 is 62.9 Å². The molecule has 4 aliphatic rings. The summed E-state index contributed by atoms with van der Waals surface area (Å²) >= 11 is 0. The highest BCUT2D eigenvalue weighted by Gasteiger charge is 2.49. The number of aliphatic carboxylic acids is 1. The number of carbonyl (C=O) groups is 3. The summed E-state index contributed by atoms with van der Waals surface area (Å²) in [5, 5.41) is 76.6. The van der Waals surface area contributed by atoms with Crippen LogP contribution in [0.15, 0.2) is 199 Å². The van der Waals surface area contributed by atoms with Gasteiger partial charge in [0, 0.05) is 141 Å². The second kappa shape index (κ2) is 31.6. The van der Waals surface area contributed by atoms with Crippen LogP contribution in [0.25, 0.3) is 116 Å². The number of aromatic amines is 3. The molecule has 592 valence electrons. The van der Waals surface area contributed by atoms with E-state index in [4.69, 9.17) is 23.7 Å². The number of aromatic nitrogens is 9. The summed E-state index contributed by atoms with van der Waals surface area (Å²) in [5.74, 6) is -3.89. The van der Waals surface area contributed by atoms with E-state index in [1.807, 2.05) is 31.2 Å². The number of aliphatic hydroxyl groups excluding tert-OH is 3. The van der Waals surface area contributed by atoms with Crippen molar-refractivity contribution in [1.29, 1.82) is 0 Å². The molecule has 0 spiro atoms. The Morgan fingerprint density at radius 3 is 1.21 bits per heavy atom. The second-order valence-electron chi connectivity index (χ2n) is 29.4. The lowest BCUT2D eigenvalue weighted by Gasteiger charge is -2.37. The molecule has 1 unspecified atom stereocenters. The first-order chi connectivity index (χ1) is 56.1. The number of nitrogens with zero attached hydrogens (tertiary/aromatic N) is 6. The van der Waals surface area contributed by atoms with Gasteiger partial charge in [0.2, 0.25) is 6.29 Å². The van der Waals surface area contributed by atoms with Gasteiger partial charge in [-0.1, -0.05) is 30.3 Å². The Kier molecular flexibility index (Phi) is 20.8. The van der Waals surface area contributed by atoms with Gasteiger partial charge in [0.25, 0.3) is 10.1 Å². The number of hydrogen-bond donors (Lipinski definition) is 9. The number of carboxylic acid groups (broad SMARTS) is 2. The fourth-order valence-electron chi connectivity index (χ4n) is 16.8. The molecular formula is C87H76F3N9O16S. The highest BCUT2D eigenvalue weighted by atomic mass is 32.2. The maximum absolute atomic E-state index is 14.0. The Balaban J connectivity index is 0.000000127. The zero-order valence-corrected chi connectivity index (χ0v) is 62.9. The van der Waals surface area contributed by atoms with E-state index in [9.17, 15) is 66.1 Å². The van der Waals surface area contributed by atoms with Gasteiger partial charge in [-0.3, -0.25) is 19.8 Å². The van der Waals surface area contributed by atoms with E-state index in [0.717, 1.165) is 177 Å². The third-order valence-corrected chi connectivity index (χ3v) is 23.3. The van der Waals surface area contributed by atoms with E-state index in [1.165, 1.54) is 60.7 Å². The molecular weight excluding hydrogens is 1520 g/mol. The van der Waals surface area contributed by atoms with Crippen molar-refractivity contribution in [3.05, 3.63) is 246 Å². The first-order valence-electron chi connectivity index (χ1n) is 37.8. The van der Waals surface area contributed by atoms with Gasteiger partial charge in [-0.05, 0) is 213 Å². The Labute approximate surface area is 658 Å². The number of halogens is 3. The number of aliphatic hydroxyl groups is 3. The Morgan fingerprint density at radius 1 is 0.466 bits per heavy atom. The quantitative estimate of drug-likeness (QED) is 0.0361. The van der Waals surface area contributed by atoms with E-state index in [1.54, 1.807) is 91.4 Å². The minimum Gasteiger partial charge on any atom is -0.479 e. The summed E-state index contributed by atoms with van der Waals surface area (Å²) in [4.78, 5) is 35.9. The zero-order valence-electron chi connectivity index (χ0n) is 62.1. The molecule has 6 aromatic heterocycles. The van der Waals surface area contributed by atoms with Gasteiger partial charge in [0.1, 0.15) is 35.8 Å². The molecule has 0 bridgehead atoms. The molecule has 4 aliphatic heterocycles. The van der Waals surface area contributed by atoms with Crippen molar-refractivity contribution < 1.29 is 89.7 Å². The van der Waals surface area contributed by atoms with E-state index < -0.39 is 58.7 Å². The molecule has 4 fully saturated rings. The average Bonchev–Trinajstić information content (AvgIpc) is 1.58. The summed E-state index contributed by atoms with van der Waals surface area (Å²) < 4.78 is 108. The van der Waals surface area contributed by atoms with E-state index in [2.05, 4.69) is 62.5 Å². The number of ether oxygens (including phenoxy) is 5. The largest absolute Gasteiger partial charge is 0.479 e. The van der Waals surface area contributed by atoms with Crippen LogP contribution in [-0.4, -0.2) is 171 Å². The fraction of sp³-hybridized carbons (Fsp3) is 0.241. The zero-order chi connectivity index (χ0) is 80.4. The predicted octanol–water partition coefficient (Wildman–Crippen LogP) is 14.9. The summed E-state index contributed by atoms with van der Waals surface area (Å²) in [5.41, 5.74) is 18.0. The van der Waals surface area contributed by atoms with Crippen LogP contribution in [0.1, 0.15) is 99.6 Å². The van der Waals surface area contributed by atoms with Crippen LogP contribution in [0.4, 0.5) is 13.2 Å². The highest BCUT2D eigenvalue weighted by Crippen LogP contribution is 2.49. The summed E-state index contributed by atoms with van der Waals surface area (Å²) in [6.45, 7) is 5.77. The van der Waals surface area contributed by atoms with Crippen molar-refractivity contribution >= 4 is 93.4 Å². The number of hydrogen-bond acceptors (Lipinski definition) is 16. The lowest BCUT2D eigenvalue weighted by Crippen LogP contribution is -2.60. The number of fused-ring (bicyclic) bond motifs is 6. The maximum atomic E-state index is 14.0. The van der Waals surface area contributed by atoms with Crippen molar-refractivity contribution in [2.75, 3.05) is 39.6 Å². The molecule has 5 atom stereocenters. The molecule has 19 rings (SSSR count). The predicted molar refractivity (Wildman–Crippen MR) is 425 cm³/mol. The molecule has 0 radical (unpaired) electrons. The van der Waals surface area contributed by atoms with Gasteiger partial charge in [-0.25, -0.2) is 27.6 Å². The number of benzene rings is 9. The van der Waals surface area contributed by atoms with Crippen molar-refractivity contribution in [2.24, 2.45) is 0 Å². The van der Waals surface area contributed by atoms with E-state index in [0.29, 0.717) is 39.6 Å². The van der Waals surface area contributed by atoms with Crippen LogP contribution < -0.4 is 0 Å². The molecule has 10 heterocycles. The number of aryl methyl sites for hydroxylation is 1. The van der Waals surface area contributed by atoms with Crippen LogP contribution in [-0.2, 0) is 38.6 Å². The van der Waals surface area contributed by atoms with Gasteiger partial charge in [0.05, 0.1) is 67.7 Å². The standard InChI is InChI=1S/C33H30FN3O9.C28H24FN3O3.C26H22FN3O4S/c34-20-5-7-21(8-6-20)37-24-13-19-15-35-36-23(19)14-22(24)25(26(37)17-9-11-44-12-10-17)16-1-3-18(4-2-16)32(43)46-33-29(40)27(38)28(39)30(45-33)31(41)42;1-16-12-18(28(33)34)2-7-22(16)26-23-14-24-19(15-30-31-24)13-25(23)32(21-5-3-20(29)4-6-21)27(26)17-8-10-35-11-9-17;27-19-3-5-20(6-4-19)30-24-13-18-15-28-29-23(18)14-22(24)25(26(30)17-9-11-34-12-10-17)16-1-7-21(8-2-16)35(31,32)33/h1-8,13-15,17,27-30,33,38-40H,9-12H2,(H,35,36)(H,41,42);2-7,12-15,17H,8-11H2,1H3,(H,30,31)(H,33,34);1-8,13-15,17H,9-12H2,(H,28,29)(H,31,32,33)/t27-,28-,29+,30-,33?;;/m0../s1. The van der Waals surface area contributed by atoms with Crippen molar-refractivity contribution in [3.63, 3.8) is 0 Å². The van der Waals surface area contributed by atoms with Crippen LogP contribution in [0.2, 0.25) is 0 Å². The Hall–Kier alpha value is -12.2. The molecule has 0 aliphatic carbocycles. The molecule has 15 aromatic rings. The van der Waals surface area contributed by atoms with Crippen molar-refractivity contribution in [2.45, 2.75) is 98.8 Å². The van der Waals surface area contributed by atoms with Crippen LogP contribution >= 0.6 is 0 Å². The van der Waals surface area contributed by atoms with Gasteiger partial charge in [0.15, 0.2) is 6.10 Å². The smallest absolute Gasteiger partial charge is 0.340 e. The van der Waals surface area contributed by atoms with E-state index >= 15 is 0 Å². The third-order valence-electron chi connectivity index (χ3n) is 22.4. The lowest BCUT2D eigenvalue weighted by atomic mass is 9.88. The van der Waals surface area contributed by atoms with Gasteiger partial charge in [-0.2, -0.15) is 23.7 Å². The molecule has 9 aromatic carbocycles. The highest BCUT2D eigenvalue weighted by molar-refractivity contribution is 7.85. The fourth-order valence-corrected chi connectivity index (χ4v) is 17.2. The average molecular weight is 1590 g/mol. The first kappa shape index (κ1) is 76.5. The van der Waals surface area contributed by atoms with Crippen molar-refractivity contribution in [3.8, 4) is 50.4 Å². The SMILES string of the molecule is Cc1cc(C(=O)O)ccc1-c1c(C2CCOCC2)n(-c2ccc(F)cc2)c2cc3cn[nH]c3cc12.O=C(OC1O[C@H](C(=O)O)[C@@H](O)[C@H](O)[C@H]1O)c1ccc(-c2c(C3CCOCC3)n(-c3ccc(F)cc3)c3cc4cn[nH]c4cc23)cc1.O=S(=O)(O)c1ccc(-c2c(C3CCOCC3)n(-c3ccc(F)cc3)c3cc4cn[nH]c4cc23)cc1. The number of carbonyl (C=O) groups excluding carboxylic acids is 1. The minimum absolute atomic E-state index is 0.0814. The first-order valence-corrected chi connectivity index (χ1v) is 39.3. The topological polar surface area (TPSA) is 354 Å². The Morgan fingerprint density at radius 2 is 0.836 bits per heavy atom. The molecule has 4 saturated heterocycles. The number of esters is 1. The molecule has 0 saturated carbocycles. The number of rotatable bonds is 14. The number of carboxylic acids is 2. The minimum atomic E-state index is -4.31. The summed E-state index contributed by atoms with van der Waals surface area (Å²) in [7, 11) is -4.31. The summed E-state index contributed by atoms with van der Waals surface area (Å²) in [6.07, 6.45) is 0.856. The van der Waals surface area contributed by atoms with Gasteiger partial charge in [-0.15, -0.1) is 0 Å². The monoisotopic (exact) mass is 1590 g/mol. The lowest BCUT2D eigenvalue weighted by molar-refractivity contribution is -0.278. The third kappa shape index (κ3) is 14.5. The van der Waals surface area contributed by atoms with Crippen LogP contribution in [0.5, 0.6) is 0 Å². The molecule has 0 amide bonds. The van der Waals surface area contributed by atoms with Crippen LogP contribution in [0, 0.1) is 24.4 Å². The second-order valence-corrected chi connectivity index (χ2v) is 30.8. The molecule has 116 heavy (non-hydrogen) atoms. The van der Waals surface area contributed by atoms with Crippen molar-refractivity contribution in [1.82, 2.24) is 44.3 Å². The Bertz CT molecular complexity index is 6360. The summed E-state index contributed by atoms with van der Waals surface area (Å²) in [6, 6.07) is 49.9. The number of H-pyrrole nitrogens is 3. The van der Waals surface area contributed by atoms with Crippen LogP contribution in [0.3, 0.4) is 0 Å². The number of aromatic carboxylic acids is 1. The normalized spacial score (nSPS) is 18.5. The number of nitrogens with one attached hydrogen (secondary N) is 3.